The summed E-state index contributed by atoms with van der Waals surface area (Å²) in [6, 6.07) is 1.87. The molecule has 2 N–H and O–H groups in total. The summed E-state index contributed by atoms with van der Waals surface area (Å²) in [4.78, 5) is 0. The maximum absolute atomic E-state index is 9.30. The molecule has 0 spiro atoms. The molecule has 0 aliphatic heterocycles. The van der Waals surface area contributed by atoms with E-state index in [1.165, 1.54) is 6.92 Å². The van der Waals surface area contributed by atoms with Crippen LogP contribution >= 0.6 is 11.3 Å². The zero-order valence-corrected chi connectivity index (χ0v) is 7.56. The van der Waals surface area contributed by atoms with Crippen LogP contribution in [0.3, 0.4) is 0 Å². The Morgan fingerprint density at radius 2 is 2.42 bits per heavy atom. The highest BCUT2D eigenvalue weighted by molar-refractivity contribution is 7.08. The van der Waals surface area contributed by atoms with Crippen molar-refractivity contribution in [3.05, 3.63) is 22.4 Å². The van der Waals surface area contributed by atoms with E-state index < -0.39 is 5.60 Å². The first-order valence-corrected chi connectivity index (χ1v) is 4.47. The van der Waals surface area contributed by atoms with E-state index in [4.69, 9.17) is 5.11 Å². The highest BCUT2D eigenvalue weighted by Gasteiger charge is 2.13. The molecule has 2 nitrogen and oxygen atoms in total. The van der Waals surface area contributed by atoms with E-state index in [-0.39, 0.29) is 6.61 Å². The molecule has 1 atom stereocenters. The predicted octanol–water partition coefficient (Wildman–Crippen LogP) is 0.843. The monoisotopic (exact) mass is 182 g/mol. The largest absolute Gasteiger partial charge is 0.392 e. The summed E-state index contributed by atoms with van der Waals surface area (Å²) in [5.41, 5.74) is -0.421. The van der Waals surface area contributed by atoms with Crippen LogP contribution in [-0.4, -0.2) is 22.4 Å². The minimum Gasteiger partial charge on any atom is -0.392 e. The molecule has 1 aromatic rings. The summed E-state index contributed by atoms with van der Waals surface area (Å²) in [5.74, 6) is 5.34. The summed E-state index contributed by atoms with van der Waals surface area (Å²) in [5, 5.41) is 21.8. The van der Waals surface area contributed by atoms with Crippen LogP contribution in [0.4, 0.5) is 0 Å². The Balaban J connectivity index is 2.72. The Labute approximate surface area is 75.5 Å². The molecule has 0 saturated carbocycles. The number of rotatable bonds is 1. The molecule has 1 rings (SSSR count). The molecule has 0 bridgehead atoms. The van der Waals surface area contributed by atoms with E-state index in [2.05, 4.69) is 11.8 Å². The van der Waals surface area contributed by atoms with Crippen LogP contribution in [0.5, 0.6) is 0 Å². The van der Waals surface area contributed by atoms with Gasteiger partial charge >= 0.3 is 0 Å². The predicted molar refractivity (Wildman–Crippen MR) is 48.9 cm³/mol. The number of thiophene rings is 1. The Morgan fingerprint density at radius 3 is 2.92 bits per heavy atom. The van der Waals surface area contributed by atoms with Crippen molar-refractivity contribution in [3.63, 3.8) is 0 Å². The highest BCUT2D eigenvalue weighted by Crippen LogP contribution is 2.05. The zero-order valence-electron chi connectivity index (χ0n) is 6.74. The van der Waals surface area contributed by atoms with E-state index >= 15 is 0 Å². The van der Waals surface area contributed by atoms with Gasteiger partial charge in [-0.1, -0.05) is 11.8 Å². The quantitative estimate of drug-likeness (QED) is 0.632. The lowest BCUT2D eigenvalue weighted by molar-refractivity contribution is 0.0519. The molecule has 0 radical (unpaired) electrons. The van der Waals surface area contributed by atoms with Crippen LogP contribution in [0, 0.1) is 11.8 Å². The molecule has 0 aromatic carbocycles. The number of aliphatic hydroxyl groups is 2. The molecule has 3 heteroatoms. The van der Waals surface area contributed by atoms with Gasteiger partial charge in [0.25, 0.3) is 0 Å². The van der Waals surface area contributed by atoms with Crippen molar-refractivity contribution < 1.29 is 10.2 Å². The van der Waals surface area contributed by atoms with Crippen LogP contribution in [0.1, 0.15) is 12.5 Å². The molecule has 1 heterocycles. The van der Waals surface area contributed by atoms with Gasteiger partial charge in [0.1, 0.15) is 5.60 Å². The van der Waals surface area contributed by atoms with Gasteiger partial charge in [-0.25, -0.2) is 0 Å². The second-order valence-electron chi connectivity index (χ2n) is 2.69. The third-order valence-corrected chi connectivity index (χ3v) is 1.99. The normalized spacial score (nSPS) is 14.6. The number of hydrogen-bond acceptors (Lipinski definition) is 3. The average molecular weight is 182 g/mol. The minimum atomic E-state index is -1.29. The first-order chi connectivity index (χ1) is 5.64. The molecule has 0 aliphatic rings. The van der Waals surface area contributed by atoms with Crippen LogP contribution in [-0.2, 0) is 0 Å². The first kappa shape index (κ1) is 9.27. The number of aliphatic hydroxyl groups excluding tert-OH is 1. The standard InChI is InChI=1S/C9H10O2S/c1-9(11,7-10)4-2-8-3-5-12-6-8/h3,5-6,10-11H,7H2,1H3. The van der Waals surface area contributed by atoms with Gasteiger partial charge in [-0.05, 0) is 18.4 Å². The third kappa shape index (κ3) is 2.67. The minimum absolute atomic E-state index is 0.343. The molecular weight excluding hydrogens is 172 g/mol. The van der Waals surface area contributed by atoms with Gasteiger partial charge in [-0.2, -0.15) is 11.3 Å². The van der Waals surface area contributed by atoms with Crippen LogP contribution in [0.25, 0.3) is 0 Å². The van der Waals surface area contributed by atoms with E-state index in [0.29, 0.717) is 0 Å². The zero-order chi connectivity index (χ0) is 9.03. The second kappa shape index (κ2) is 3.72. The van der Waals surface area contributed by atoms with Crippen molar-refractivity contribution in [2.24, 2.45) is 0 Å². The summed E-state index contributed by atoms with van der Waals surface area (Å²) in [6.07, 6.45) is 0. The maximum Gasteiger partial charge on any atom is 0.145 e. The van der Waals surface area contributed by atoms with E-state index in [1.54, 1.807) is 11.3 Å². The maximum atomic E-state index is 9.30. The van der Waals surface area contributed by atoms with Crippen molar-refractivity contribution in [3.8, 4) is 11.8 Å². The lowest BCUT2D eigenvalue weighted by atomic mass is 10.1. The van der Waals surface area contributed by atoms with Gasteiger partial charge in [0, 0.05) is 10.9 Å². The van der Waals surface area contributed by atoms with Crippen molar-refractivity contribution in [2.75, 3.05) is 6.61 Å². The lowest BCUT2D eigenvalue weighted by Crippen LogP contribution is -2.26. The van der Waals surface area contributed by atoms with Gasteiger partial charge in [-0.3, -0.25) is 0 Å². The summed E-state index contributed by atoms with van der Waals surface area (Å²) < 4.78 is 0. The molecule has 64 valence electrons. The second-order valence-corrected chi connectivity index (χ2v) is 3.47. The average Bonchev–Trinajstić information content (AvgIpc) is 2.53. The van der Waals surface area contributed by atoms with Crippen molar-refractivity contribution in [2.45, 2.75) is 12.5 Å². The Hall–Kier alpha value is -0.820. The smallest absolute Gasteiger partial charge is 0.145 e. The number of hydrogen-bond donors (Lipinski definition) is 2. The molecule has 1 unspecified atom stereocenters. The van der Waals surface area contributed by atoms with E-state index in [9.17, 15) is 5.11 Å². The fraction of sp³-hybridized carbons (Fsp3) is 0.333. The molecule has 12 heavy (non-hydrogen) atoms. The van der Waals surface area contributed by atoms with E-state index in [0.717, 1.165) is 5.56 Å². The molecule has 0 aliphatic carbocycles. The van der Waals surface area contributed by atoms with Crippen LogP contribution in [0.2, 0.25) is 0 Å². The topological polar surface area (TPSA) is 40.5 Å². The Morgan fingerprint density at radius 1 is 1.67 bits per heavy atom. The van der Waals surface area contributed by atoms with Gasteiger partial charge in [0.05, 0.1) is 6.61 Å². The summed E-state index contributed by atoms with van der Waals surface area (Å²) in [7, 11) is 0. The van der Waals surface area contributed by atoms with E-state index in [1.807, 2.05) is 16.8 Å². The third-order valence-electron chi connectivity index (χ3n) is 1.31. The van der Waals surface area contributed by atoms with Crippen LogP contribution in [0.15, 0.2) is 16.8 Å². The van der Waals surface area contributed by atoms with Crippen LogP contribution < -0.4 is 0 Å². The van der Waals surface area contributed by atoms with Gasteiger partial charge < -0.3 is 10.2 Å². The van der Waals surface area contributed by atoms with Crippen molar-refractivity contribution in [1.82, 2.24) is 0 Å². The Kier molecular flexibility index (Phi) is 2.88. The molecule has 0 saturated heterocycles. The highest BCUT2D eigenvalue weighted by atomic mass is 32.1. The SMILES string of the molecule is CC(O)(C#Cc1ccsc1)CO. The first-order valence-electron chi connectivity index (χ1n) is 3.53. The molecular formula is C9H10O2S. The molecule has 1 aromatic heterocycles. The van der Waals surface area contributed by atoms with Crippen molar-refractivity contribution in [1.29, 1.82) is 0 Å². The van der Waals surface area contributed by atoms with Gasteiger partial charge in [0.15, 0.2) is 0 Å². The molecule has 0 fully saturated rings. The molecule has 0 amide bonds. The van der Waals surface area contributed by atoms with Crippen molar-refractivity contribution >= 4 is 11.3 Å². The fourth-order valence-electron chi connectivity index (χ4n) is 0.582. The van der Waals surface area contributed by atoms with Gasteiger partial charge in [0.2, 0.25) is 0 Å². The summed E-state index contributed by atoms with van der Waals surface area (Å²) >= 11 is 1.55. The Bertz CT molecular complexity index is 290. The lowest BCUT2D eigenvalue weighted by Gasteiger charge is -2.10. The fourth-order valence-corrected chi connectivity index (χ4v) is 1.17. The van der Waals surface area contributed by atoms with Gasteiger partial charge in [-0.15, -0.1) is 0 Å². The summed E-state index contributed by atoms with van der Waals surface area (Å²) in [6.45, 7) is 1.14.